The van der Waals surface area contributed by atoms with Crippen molar-refractivity contribution in [3.63, 3.8) is 0 Å². The molecule has 0 amide bonds. The van der Waals surface area contributed by atoms with Crippen LogP contribution in [-0.2, 0) is 4.74 Å². The lowest BCUT2D eigenvalue weighted by molar-refractivity contribution is 0.182. The summed E-state index contributed by atoms with van der Waals surface area (Å²) in [4.78, 5) is 3.77. The van der Waals surface area contributed by atoms with Crippen molar-refractivity contribution in [3.8, 4) is 0 Å². The van der Waals surface area contributed by atoms with Crippen molar-refractivity contribution in [1.82, 2.24) is 4.98 Å². The molecule has 0 bridgehead atoms. The summed E-state index contributed by atoms with van der Waals surface area (Å²) in [6, 6.07) is 4.94. The molecule has 0 fully saturated rings. The quantitative estimate of drug-likeness (QED) is 0.726. The van der Waals surface area contributed by atoms with Crippen molar-refractivity contribution in [1.29, 1.82) is 0 Å². The Bertz CT molecular complexity index is 307. The third kappa shape index (κ3) is 4.57. The molecule has 1 rings (SSSR count). The van der Waals surface area contributed by atoms with Gasteiger partial charge in [-0.2, -0.15) is 4.39 Å². The van der Waals surface area contributed by atoms with E-state index in [4.69, 9.17) is 4.74 Å². The second kappa shape index (κ2) is 7.17. The van der Waals surface area contributed by atoms with Crippen LogP contribution < -0.4 is 5.32 Å². The molecule has 3 nitrogen and oxygen atoms in total. The summed E-state index contributed by atoms with van der Waals surface area (Å²) in [5.41, 5.74) is 0. The summed E-state index contributed by atoms with van der Waals surface area (Å²) in [7, 11) is 1.67. The van der Waals surface area contributed by atoms with Crippen LogP contribution >= 0.6 is 0 Å². The third-order valence-electron chi connectivity index (χ3n) is 2.34. The van der Waals surface area contributed by atoms with Gasteiger partial charge >= 0.3 is 0 Å². The highest BCUT2D eigenvalue weighted by atomic mass is 19.1. The number of halogens is 1. The highest BCUT2D eigenvalue weighted by molar-refractivity contribution is 5.34. The van der Waals surface area contributed by atoms with E-state index < -0.39 is 5.95 Å². The van der Waals surface area contributed by atoms with Crippen molar-refractivity contribution in [2.75, 3.05) is 19.0 Å². The fourth-order valence-corrected chi connectivity index (χ4v) is 1.55. The fourth-order valence-electron chi connectivity index (χ4n) is 1.55. The van der Waals surface area contributed by atoms with Crippen LogP contribution in [0, 0.1) is 5.95 Å². The molecule has 0 aliphatic carbocycles. The average molecular weight is 226 g/mol. The molecular formula is C12H19FN2O. The van der Waals surface area contributed by atoms with Crippen LogP contribution in [0.25, 0.3) is 0 Å². The lowest BCUT2D eigenvalue weighted by atomic mass is 10.1. The third-order valence-corrected chi connectivity index (χ3v) is 2.34. The monoisotopic (exact) mass is 226 g/mol. The maximum absolute atomic E-state index is 12.9. The van der Waals surface area contributed by atoms with Crippen LogP contribution in [0.1, 0.15) is 26.2 Å². The maximum atomic E-state index is 12.9. The zero-order valence-electron chi connectivity index (χ0n) is 9.87. The summed E-state index contributed by atoms with van der Waals surface area (Å²) in [6.07, 6.45) is 3.26. The number of nitrogens with zero attached hydrogens (tertiary/aromatic N) is 1. The summed E-state index contributed by atoms with van der Waals surface area (Å²) in [5.74, 6) is 0.106. The molecule has 1 N–H and O–H groups in total. The lowest BCUT2D eigenvalue weighted by Crippen LogP contribution is -2.25. The first-order valence-electron chi connectivity index (χ1n) is 5.64. The summed E-state index contributed by atoms with van der Waals surface area (Å²) in [5, 5.41) is 3.18. The second-order valence-corrected chi connectivity index (χ2v) is 3.78. The molecule has 1 atom stereocenters. The number of pyridine rings is 1. The Morgan fingerprint density at radius 1 is 1.50 bits per heavy atom. The van der Waals surface area contributed by atoms with E-state index >= 15 is 0 Å². The Balaban J connectivity index is 2.52. The van der Waals surface area contributed by atoms with Gasteiger partial charge in [0.1, 0.15) is 5.82 Å². The normalized spacial score (nSPS) is 12.4. The summed E-state index contributed by atoms with van der Waals surface area (Å²) < 4.78 is 18.0. The summed E-state index contributed by atoms with van der Waals surface area (Å²) in [6.45, 7) is 2.75. The van der Waals surface area contributed by atoms with Crippen molar-refractivity contribution in [3.05, 3.63) is 24.1 Å². The molecule has 0 aromatic carbocycles. The van der Waals surface area contributed by atoms with Crippen LogP contribution in [-0.4, -0.2) is 24.7 Å². The van der Waals surface area contributed by atoms with Crippen LogP contribution in [0.3, 0.4) is 0 Å². The zero-order chi connectivity index (χ0) is 11.8. The van der Waals surface area contributed by atoms with Gasteiger partial charge in [0, 0.05) is 7.11 Å². The summed E-state index contributed by atoms with van der Waals surface area (Å²) >= 11 is 0. The SMILES string of the molecule is CCCCC(COC)Nc1cccc(F)n1. The number of aromatic nitrogens is 1. The van der Waals surface area contributed by atoms with E-state index in [1.165, 1.54) is 6.07 Å². The molecule has 0 saturated heterocycles. The number of nitrogens with one attached hydrogen (secondary N) is 1. The van der Waals surface area contributed by atoms with Gasteiger partial charge in [-0.25, -0.2) is 4.98 Å². The van der Waals surface area contributed by atoms with E-state index in [1.807, 2.05) is 0 Å². The smallest absolute Gasteiger partial charge is 0.214 e. The number of ether oxygens (including phenoxy) is 1. The second-order valence-electron chi connectivity index (χ2n) is 3.78. The topological polar surface area (TPSA) is 34.1 Å². The molecule has 0 saturated carbocycles. The highest BCUT2D eigenvalue weighted by Crippen LogP contribution is 2.10. The van der Waals surface area contributed by atoms with Gasteiger partial charge in [-0.05, 0) is 18.6 Å². The van der Waals surface area contributed by atoms with Gasteiger partial charge in [0.05, 0.1) is 12.6 Å². The number of methoxy groups -OCH3 is 1. The highest BCUT2D eigenvalue weighted by Gasteiger charge is 2.08. The predicted molar refractivity (Wildman–Crippen MR) is 63.0 cm³/mol. The van der Waals surface area contributed by atoms with Gasteiger partial charge in [-0.3, -0.25) is 0 Å². The Labute approximate surface area is 96.0 Å². The van der Waals surface area contributed by atoms with E-state index in [0.717, 1.165) is 19.3 Å². The van der Waals surface area contributed by atoms with Gasteiger partial charge in [0.15, 0.2) is 0 Å². The Morgan fingerprint density at radius 3 is 2.94 bits per heavy atom. The van der Waals surface area contributed by atoms with E-state index in [0.29, 0.717) is 12.4 Å². The van der Waals surface area contributed by atoms with Crippen LogP contribution in [0.2, 0.25) is 0 Å². The average Bonchev–Trinajstić information content (AvgIpc) is 2.26. The van der Waals surface area contributed by atoms with Crippen molar-refractivity contribution < 1.29 is 9.13 Å². The first kappa shape index (κ1) is 12.9. The van der Waals surface area contributed by atoms with Crippen molar-refractivity contribution in [2.24, 2.45) is 0 Å². The van der Waals surface area contributed by atoms with Crippen molar-refractivity contribution >= 4 is 5.82 Å². The number of unbranched alkanes of at least 4 members (excludes halogenated alkanes) is 1. The molecule has 90 valence electrons. The van der Waals surface area contributed by atoms with E-state index in [1.54, 1.807) is 19.2 Å². The number of hydrogen-bond acceptors (Lipinski definition) is 3. The number of anilines is 1. The van der Waals surface area contributed by atoms with E-state index in [2.05, 4.69) is 17.2 Å². The van der Waals surface area contributed by atoms with Gasteiger partial charge in [0.25, 0.3) is 0 Å². The number of rotatable bonds is 7. The van der Waals surface area contributed by atoms with Gasteiger partial charge in [-0.1, -0.05) is 25.8 Å². The predicted octanol–water partition coefficient (Wildman–Crippen LogP) is 2.84. The van der Waals surface area contributed by atoms with E-state index in [9.17, 15) is 4.39 Å². The molecule has 0 spiro atoms. The molecule has 4 heteroatoms. The molecule has 16 heavy (non-hydrogen) atoms. The minimum absolute atomic E-state index is 0.194. The standard InChI is InChI=1S/C12H19FN2O/c1-3-4-6-10(9-16-2)14-12-8-5-7-11(13)15-12/h5,7-8,10H,3-4,6,9H2,1-2H3,(H,14,15). The maximum Gasteiger partial charge on any atom is 0.214 e. The first-order valence-corrected chi connectivity index (χ1v) is 5.64. The Hall–Kier alpha value is -1.16. The van der Waals surface area contributed by atoms with Crippen molar-refractivity contribution in [2.45, 2.75) is 32.2 Å². The molecule has 0 aliphatic heterocycles. The van der Waals surface area contributed by atoms with Crippen LogP contribution in [0.4, 0.5) is 10.2 Å². The first-order chi connectivity index (χ1) is 7.76. The minimum atomic E-state index is -0.461. The minimum Gasteiger partial charge on any atom is -0.383 e. The molecule has 1 unspecified atom stereocenters. The Kier molecular flexibility index (Phi) is 5.78. The molecule has 1 aromatic heterocycles. The van der Waals surface area contributed by atoms with Gasteiger partial charge in [-0.15, -0.1) is 0 Å². The zero-order valence-corrected chi connectivity index (χ0v) is 9.87. The molecule has 1 heterocycles. The van der Waals surface area contributed by atoms with E-state index in [-0.39, 0.29) is 6.04 Å². The van der Waals surface area contributed by atoms with Crippen LogP contribution in [0.15, 0.2) is 18.2 Å². The largest absolute Gasteiger partial charge is 0.383 e. The fraction of sp³-hybridized carbons (Fsp3) is 0.583. The van der Waals surface area contributed by atoms with Gasteiger partial charge < -0.3 is 10.1 Å². The van der Waals surface area contributed by atoms with Crippen LogP contribution in [0.5, 0.6) is 0 Å². The lowest BCUT2D eigenvalue weighted by Gasteiger charge is -2.18. The molecule has 0 radical (unpaired) electrons. The molecule has 1 aromatic rings. The molecular weight excluding hydrogens is 207 g/mol. The number of hydrogen-bond donors (Lipinski definition) is 1. The Morgan fingerprint density at radius 2 is 2.31 bits per heavy atom. The van der Waals surface area contributed by atoms with Gasteiger partial charge in [0.2, 0.25) is 5.95 Å². The molecule has 0 aliphatic rings.